The highest BCUT2D eigenvalue weighted by atomic mass is 16.3. The molecule has 0 bridgehead atoms. The van der Waals surface area contributed by atoms with Crippen LogP contribution in [0.5, 0.6) is 0 Å². The molecule has 1 aromatic heterocycles. The molecule has 0 aliphatic heterocycles. The third-order valence-electron chi connectivity index (χ3n) is 3.24. The highest BCUT2D eigenvalue weighted by Crippen LogP contribution is 2.09. The maximum Gasteiger partial charge on any atom is 0.254 e. The fraction of sp³-hybridized carbons (Fsp3) is 0.692. The summed E-state index contributed by atoms with van der Waals surface area (Å²) in [5, 5.41) is 16.3. The second-order valence-electron chi connectivity index (χ2n) is 4.95. The maximum atomic E-state index is 12.0. The lowest BCUT2D eigenvalue weighted by molar-refractivity contribution is 0.0891. The maximum absolute atomic E-state index is 12.0. The lowest BCUT2D eigenvalue weighted by Gasteiger charge is -2.21. The SMILES string of the molecule is CCC(C)C(CO)NC(=O)c1cnn(C(C)C)c1. The van der Waals surface area contributed by atoms with E-state index < -0.39 is 0 Å². The summed E-state index contributed by atoms with van der Waals surface area (Å²) in [4.78, 5) is 12.0. The van der Waals surface area contributed by atoms with Crippen molar-refractivity contribution in [3.05, 3.63) is 18.0 Å². The highest BCUT2D eigenvalue weighted by molar-refractivity contribution is 5.93. The summed E-state index contributed by atoms with van der Waals surface area (Å²) in [6, 6.07) is 0.0275. The highest BCUT2D eigenvalue weighted by Gasteiger charge is 2.19. The van der Waals surface area contributed by atoms with E-state index in [1.807, 2.05) is 27.7 Å². The van der Waals surface area contributed by atoms with Gasteiger partial charge < -0.3 is 10.4 Å². The summed E-state index contributed by atoms with van der Waals surface area (Å²) in [5.41, 5.74) is 0.533. The number of aliphatic hydroxyl groups excluding tert-OH is 1. The Morgan fingerprint density at radius 2 is 2.17 bits per heavy atom. The topological polar surface area (TPSA) is 67.2 Å². The van der Waals surface area contributed by atoms with Crippen LogP contribution in [0, 0.1) is 5.92 Å². The molecular weight excluding hydrogens is 230 g/mol. The van der Waals surface area contributed by atoms with Crippen molar-refractivity contribution in [1.82, 2.24) is 15.1 Å². The van der Waals surface area contributed by atoms with Gasteiger partial charge in [0.15, 0.2) is 0 Å². The van der Waals surface area contributed by atoms with Gasteiger partial charge in [0.25, 0.3) is 5.91 Å². The van der Waals surface area contributed by atoms with E-state index in [0.29, 0.717) is 5.56 Å². The number of nitrogens with zero attached hydrogens (tertiary/aromatic N) is 2. The Morgan fingerprint density at radius 1 is 1.50 bits per heavy atom. The van der Waals surface area contributed by atoms with E-state index in [2.05, 4.69) is 10.4 Å². The Balaban J connectivity index is 2.68. The minimum atomic E-state index is -0.204. The molecule has 0 aliphatic carbocycles. The fourth-order valence-electron chi connectivity index (χ4n) is 1.64. The van der Waals surface area contributed by atoms with Gasteiger partial charge in [-0.15, -0.1) is 0 Å². The Kier molecular flexibility index (Phi) is 5.34. The van der Waals surface area contributed by atoms with E-state index in [-0.39, 0.29) is 30.5 Å². The van der Waals surface area contributed by atoms with Crippen LogP contribution in [0.1, 0.15) is 50.5 Å². The van der Waals surface area contributed by atoms with Crippen LogP contribution in [-0.2, 0) is 0 Å². The Morgan fingerprint density at radius 3 is 2.61 bits per heavy atom. The second-order valence-corrected chi connectivity index (χ2v) is 4.95. The standard InChI is InChI=1S/C13H23N3O2/c1-5-10(4)12(8-17)15-13(18)11-6-14-16(7-11)9(2)3/h6-7,9-10,12,17H,5,8H2,1-4H3,(H,15,18). The molecule has 1 amide bonds. The summed E-state index contributed by atoms with van der Waals surface area (Å²) in [5.74, 6) is 0.0698. The van der Waals surface area contributed by atoms with Crippen LogP contribution in [-0.4, -0.2) is 33.4 Å². The van der Waals surface area contributed by atoms with Crippen molar-refractivity contribution in [2.45, 2.75) is 46.2 Å². The van der Waals surface area contributed by atoms with E-state index in [1.54, 1.807) is 17.1 Å². The van der Waals surface area contributed by atoms with Crippen molar-refractivity contribution in [2.75, 3.05) is 6.61 Å². The molecule has 1 rings (SSSR count). The first-order chi connectivity index (χ1) is 8.49. The minimum Gasteiger partial charge on any atom is -0.394 e. The molecule has 2 atom stereocenters. The van der Waals surface area contributed by atoms with Crippen LogP contribution in [0.4, 0.5) is 0 Å². The predicted octanol–water partition coefficient (Wildman–Crippen LogP) is 1.60. The number of carbonyl (C=O) groups is 1. The molecule has 1 heterocycles. The monoisotopic (exact) mass is 253 g/mol. The summed E-state index contributed by atoms with van der Waals surface area (Å²) in [7, 11) is 0. The molecular formula is C13H23N3O2. The molecule has 18 heavy (non-hydrogen) atoms. The molecule has 2 N–H and O–H groups in total. The zero-order valence-electron chi connectivity index (χ0n) is 11.6. The molecule has 5 heteroatoms. The fourth-order valence-corrected chi connectivity index (χ4v) is 1.64. The van der Waals surface area contributed by atoms with Crippen molar-refractivity contribution in [1.29, 1.82) is 0 Å². The van der Waals surface area contributed by atoms with Crippen molar-refractivity contribution in [2.24, 2.45) is 5.92 Å². The molecule has 0 radical (unpaired) electrons. The Hall–Kier alpha value is -1.36. The molecule has 5 nitrogen and oxygen atoms in total. The molecule has 0 saturated heterocycles. The number of hydrogen-bond acceptors (Lipinski definition) is 3. The molecule has 0 spiro atoms. The average molecular weight is 253 g/mol. The van der Waals surface area contributed by atoms with Gasteiger partial charge in [0.05, 0.1) is 24.4 Å². The van der Waals surface area contributed by atoms with Gasteiger partial charge >= 0.3 is 0 Å². The van der Waals surface area contributed by atoms with Gasteiger partial charge in [-0.2, -0.15) is 5.10 Å². The lowest BCUT2D eigenvalue weighted by Crippen LogP contribution is -2.41. The smallest absolute Gasteiger partial charge is 0.254 e. The van der Waals surface area contributed by atoms with Crippen LogP contribution in [0.25, 0.3) is 0 Å². The van der Waals surface area contributed by atoms with Crippen molar-refractivity contribution < 1.29 is 9.90 Å². The molecule has 2 unspecified atom stereocenters. The normalized spacial score (nSPS) is 14.6. The first kappa shape index (κ1) is 14.7. The van der Waals surface area contributed by atoms with Crippen LogP contribution in [0.2, 0.25) is 0 Å². The van der Waals surface area contributed by atoms with Crippen molar-refractivity contribution >= 4 is 5.91 Å². The van der Waals surface area contributed by atoms with Gasteiger partial charge in [0, 0.05) is 12.2 Å². The number of hydrogen-bond donors (Lipinski definition) is 2. The zero-order chi connectivity index (χ0) is 13.7. The minimum absolute atomic E-state index is 0.0426. The average Bonchev–Trinajstić information content (AvgIpc) is 2.84. The molecule has 0 saturated carbocycles. The largest absolute Gasteiger partial charge is 0.394 e. The predicted molar refractivity (Wildman–Crippen MR) is 70.4 cm³/mol. The van der Waals surface area contributed by atoms with E-state index >= 15 is 0 Å². The van der Waals surface area contributed by atoms with E-state index in [1.165, 1.54) is 0 Å². The molecule has 0 aromatic carbocycles. The van der Waals surface area contributed by atoms with Gasteiger partial charge in [-0.1, -0.05) is 20.3 Å². The molecule has 102 valence electrons. The van der Waals surface area contributed by atoms with Crippen molar-refractivity contribution in [3.8, 4) is 0 Å². The first-order valence-electron chi connectivity index (χ1n) is 6.45. The summed E-state index contributed by atoms with van der Waals surface area (Å²) in [6.45, 7) is 8.02. The molecule has 0 aliphatic rings. The summed E-state index contributed by atoms with van der Waals surface area (Å²) < 4.78 is 1.74. The zero-order valence-corrected chi connectivity index (χ0v) is 11.6. The quantitative estimate of drug-likeness (QED) is 0.809. The van der Waals surface area contributed by atoms with E-state index in [0.717, 1.165) is 6.42 Å². The number of carbonyl (C=O) groups excluding carboxylic acids is 1. The number of aromatic nitrogens is 2. The third-order valence-corrected chi connectivity index (χ3v) is 3.24. The summed E-state index contributed by atoms with van der Waals surface area (Å²) in [6.07, 6.45) is 4.20. The Labute approximate surface area is 108 Å². The number of aliphatic hydroxyl groups is 1. The van der Waals surface area contributed by atoms with Crippen LogP contribution < -0.4 is 5.32 Å². The van der Waals surface area contributed by atoms with Crippen LogP contribution >= 0.6 is 0 Å². The summed E-state index contributed by atoms with van der Waals surface area (Å²) >= 11 is 0. The first-order valence-corrected chi connectivity index (χ1v) is 6.45. The second kappa shape index (κ2) is 6.54. The Bertz CT molecular complexity index is 387. The third kappa shape index (κ3) is 3.57. The molecule has 0 fully saturated rings. The van der Waals surface area contributed by atoms with Crippen molar-refractivity contribution in [3.63, 3.8) is 0 Å². The number of rotatable bonds is 6. The van der Waals surface area contributed by atoms with Crippen LogP contribution in [0.3, 0.4) is 0 Å². The van der Waals surface area contributed by atoms with E-state index in [4.69, 9.17) is 0 Å². The molecule has 1 aromatic rings. The van der Waals surface area contributed by atoms with Gasteiger partial charge in [-0.25, -0.2) is 0 Å². The van der Waals surface area contributed by atoms with Crippen LogP contribution in [0.15, 0.2) is 12.4 Å². The van der Waals surface area contributed by atoms with Gasteiger partial charge in [-0.3, -0.25) is 9.48 Å². The van der Waals surface area contributed by atoms with E-state index in [9.17, 15) is 9.90 Å². The van der Waals surface area contributed by atoms with Gasteiger partial charge in [0.2, 0.25) is 0 Å². The van der Waals surface area contributed by atoms with Gasteiger partial charge in [-0.05, 0) is 19.8 Å². The van der Waals surface area contributed by atoms with Gasteiger partial charge in [0.1, 0.15) is 0 Å². The number of amides is 1. The lowest BCUT2D eigenvalue weighted by atomic mass is 10.00. The number of nitrogens with one attached hydrogen (secondary N) is 1.